The van der Waals surface area contributed by atoms with Gasteiger partial charge in [0.2, 0.25) is 0 Å². The summed E-state index contributed by atoms with van der Waals surface area (Å²) in [5, 5.41) is 3.96. The molecule has 1 aromatic rings. The van der Waals surface area contributed by atoms with Gasteiger partial charge in [-0.3, -0.25) is 0 Å². The molecule has 26 heavy (non-hydrogen) atoms. The smallest absolute Gasteiger partial charge is 0.118 e. The Labute approximate surface area is 170 Å². The minimum Gasteiger partial charge on any atom is -0.497 e. The zero-order chi connectivity index (χ0) is 19.4. The molecule has 0 heterocycles. The molecule has 0 fully saturated rings. The molecular formula is C20H30IN3O2. The molecule has 0 bridgehead atoms. The number of azide groups is 1. The van der Waals surface area contributed by atoms with E-state index < -0.39 is 0 Å². The molecule has 0 aromatic heterocycles. The molecule has 1 rings (SSSR count). The molecule has 0 N–H and O–H groups in total. The van der Waals surface area contributed by atoms with Crippen molar-refractivity contribution in [2.45, 2.75) is 52.4 Å². The number of nitrogens with zero attached hydrogens (tertiary/aromatic N) is 3. The van der Waals surface area contributed by atoms with Crippen molar-refractivity contribution in [3.63, 3.8) is 0 Å². The lowest BCUT2D eigenvalue weighted by Gasteiger charge is -2.23. The van der Waals surface area contributed by atoms with Crippen LogP contribution in [0.15, 0.2) is 41.5 Å². The van der Waals surface area contributed by atoms with Gasteiger partial charge in [0.1, 0.15) is 5.75 Å². The van der Waals surface area contributed by atoms with Crippen molar-refractivity contribution in [3.05, 3.63) is 52.4 Å². The second-order valence-corrected chi connectivity index (χ2v) is 7.68. The summed E-state index contributed by atoms with van der Waals surface area (Å²) in [6.07, 6.45) is 6.33. The number of allylic oxidation sites excluding steroid dienone is 1. The van der Waals surface area contributed by atoms with E-state index in [4.69, 9.17) is 15.0 Å². The molecule has 0 spiro atoms. The summed E-state index contributed by atoms with van der Waals surface area (Å²) >= 11 is 2.33. The van der Waals surface area contributed by atoms with Crippen LogP contribution in [0.5, 0.6) is 5.75 Å². The number of hydrogen-bond donors (Lipinski definition) is 0. The zero-order valence-corrected chi connectivity index (χ0v) is 18.3. The quantitative estimate of drug-likeness (QED) is 0.0894. The summed E-state index contributed by atoms with van der Waals surface area (Å²) in [5.74, 6) is 1.55. The van der Waals surface area contributed by atoms with Gasteiger partial charge in [0.15, 0.2) is 0 Å². The first-order valence-corrected chi connectivity index (χ1v) is 10.6. The van der Waals surface area contributed by atoms with Crippen LogP contribution in [0.3, 0.4) is 0 Å². The average Bonchev–Trinajstić information content (AvgIpc) is 2.65. The number of benzene rings is 1. The van der Waals surface area contributed by atoms with Gasteiger partial charge in [-0.1, -0.05) is 65.8 Å². The van der Waals surface area contributed by atoms with Crippen LogP contribution in [-0.2, 0) is 11.3 Å². The molecule has 0 aliphatic rings. The highest BCUT2D eigenvalue weighted by Crippen LogP contribution is 2.23. The summed E-state index contributed by atoms with van der Waals surface area (Å²) in [7, 11) is 1.67. The predicted octanol–water partition coefficient (Wildman–Crippen LogP) is 6.32. The fraction of sp³-hybridized carbons (Fsp3) is 0.600. The van der Waals surface area contributed by atoms with Gasteiger partial charge in [0.05, 0.1) is 19.8 Å². The summed E-state index contributed by atoms with van der Waals surface area (Å²) in [5.41, 5.74) is 9.88. The van der Waals surface area contributed by atoms with Crippen molar-refractivity contribution >= 4 is 22.6 Å². The molecule has 6 heteroatoms. The van der Waals surface area contributed by atoms with E-state index in [9.17, 15) is 0 Å². The Kier molecular flexibility index (Phi) is 11.4. The van der Waals surface area contributed by atoms with Crippen LogP contribution in [0.2, 0.25) is 0 Å². The van der Waals surface area contributed by atoms with E-state index in [-0.39, 0.29) is 12.1 Å². The lowest BCUT2D eigenvalue weighted by Crippen LogP contribution is -2.21. The Morgan fingerprint density at radius 1 is 1.23 bits per heavy atom. The van der Waals surface area contributed by atoms with Crippen molar-refractivity contribution in [3.8, 4) is 5.75 Å². The Hall–Kier alpha value is -1.24. The van der Waals surface area contributed by atoms with Gasteiger partial charge >= 0.3 is 0 Å². The van der Waals surface area contributed by atoms with Gasteiger partial charge in [-0.2, -0.15) is 0 Å². The van der Waals surface area contributed by atoms with Gasteiger partial charge in [0, 0.05) is 11.0 Å². The number of halogens is 1. The first-order valence-electron chi connectivity index (χ1n) is 9.03. The van der Waals surface area contributed by atoms with Crippen LogP contribution in [0, 0.1) is 11.8 Å². The Balaban J connectivity index is 2.41. The molecule has 0 aliphatic heterocycles. The van der Waals surface area contributed by atoms with E-state index in [1.165, 1.54) is 0 Å². The van der Waals surface area contributed by atoms with Crippen molar-refractivity contribution in [2.75, 3.05) is 11.5 Å². The Morgan fingerprint density at radius 2 is 1.92 bits per heavy atom. The Bertz CT molecular complexity index is 585. The maximum Gasteiger partial charge on any atom is 0.118 e. The summed E-state index contributed by atoms with van der Waals surface area (Å²) in [6.45, 7) is 7.02. The molecule has 0 aliphatic carbocycles. The van der Waals surface area contributed by atoms with E-state index in [1.54, 1.807) is 7.11 Å². The third-order valence-electron chi connectivity index (χ3n) is 4.64. The van der Waals surface area contributed by atoms with Gasteiger partial charge < -0.3 is 9.47 Å². The SMILES string of the molecule is COc1ccc(CO[C@H](C)C/C=C\C(C)[C@@H](C)[C@H](CCI)N=[N+]=[N-])cc1. The van der Waals surface area contributed by atoms with Gasteiger partial charge in [0.25, 0.3) is 0 Å². The summed E-state index contributed by atoms with van der Waals surface area (Å²) in [6, 6.07) is 7.99. The van der Waals surface area contributed by atoms with Crippen LogP contribution < -0.4 is 4.74 Å². The average molecular weight is 471 g/mol. The first kappa shape index (κ1) is 22.8. The molecule has 4 atom stereocenters. The fourth-order valence-electron chi connectivity index (χ4n) is 2.64. The molecular weight excluding hydrogens is 441 g/mol. The molecule has 1 aromatic carbocycles. The van der Waals surface area contributed by atoms with Crippen molar-refractivity contribution in [1.29, 1.82) is 0 Å². The maximum atomic E-state index is 8.74. The Morgan fingerprint density at radius 3 is 2.50 bits per heavy atom. The van der Waals surface area contributed by atoms with Gasteiger partial charge in [-0.05, 0) is 59.3 Å². The minimum atomic E-state index is 0.0558. The third kappa shape index (κ3) is 8.43. The van der Waals surface area contributed by atoms with E-state index >= 15 is 0 Å². The highest BCUT2D eigenvalue weighted by Gasteiger charge is 2.19. The second-order valence-electron chi connectivity index (χ2n) is 6.60. The lowest BCUT2D eigenvalue weighted by molar-refractivity contribution is 0.0551. The first-order chi connectivity index (χ1) is 12.5. The van der Waals surface area contributed by atoms with Crippen molar-refractivity contribution in [1.82, 2.24) is 0 Å². The number of rotatable bonds is 12. The summed E-state index contributed by atoms with van der Waals surface area (Å²) < 4.78 is 12.1. The van der Waals surface area contributed by atoms with Crippen LogP contribution in [0.4, 0.5) is 0 Å². The van der Waals surface area contributed by atoms with Crippen LogP contribution >= 0.6 is 22.6 Å². The van der Waals surface area contributed by atoms with Crippen LogP contribution in [0.25, 0.3) is 10.4 Å². The van der Waals surface area contributed by atoms with Crippen molar-refractivity contribution in [2.24, 2.45) is 17.0 Å². The third-order valence-corrected chi connectivity index (χ3v) is 5.27. The molecule has 0 saturated carbocycles. The molecule has 0 amide bonds. The normalized spacial score (nSPS) is 15.9. The molecule has 0 radical (unpaired) electrons. The molecule has 144 valence electrons. The topological polar surface area (TPSA) is 67.2 Å². The number of hydrogen-bond acceptors (Lipinski definition) is 3. The fourth-order valence-corrected chi connectivity index (χ4v) is 3.28. The van der Waals surface area contributed by atoms with E-state index in [0.717, 1.165) is 28.6 Å². The molecule has 5 nitrogen and oxygen atoms in total. The highest BCUT2D eigenvalue weighted by molar-refractivity contribution is 14.1. The predicted molar refractivity (Wildman–Crippen MR) is 116 cm³/mol. The van der Waals surface area contributed by atoms with Gasteiger partial charge in [-0.25, -0.2) is 0 Å². The maximum absolute atomic E-state index is 8.74. The molecule has 1 unspecified atom stereocenters. The van der Waals surface area contributed by atoms with Gasteiger partial charge in [-0.15, -0.1) is 0 Å². The standard InChI is InChI=1S/C20H30IN3O2/c1-15(17(3)20(12-13-21)23-24-22)6-5-7-16(2)26-14-18-8-10-19(25-4)11-9-18/h5-6,8-11,15-17,20H,7,12-14H2,1-4H3/b6-5-/t15?,16-,17-,20+/m1/s1. The number of ether oxygens (including phenoxy) is 2. The van der Waals surface area contributed by atoms with Crippen LogP contribution in [0.1, 0.15) is 39.2 Å². The van der Waals surface area contributed by atoms with Crippen LogP contribution in [-0.4, -0.2) is 23.7 Å². The second kappa shape index (κ2) is 13.0. The lowest BCUT2D eigenvalue weighted by atomic mass is 9.87. The minimum absolute atomic E-state index is 0.0558. The monoisotopic (exact) mass is 471 g/mol. The van der Waals surface area contributed by atoms with E-state index in [1.807, 2.05) is 24.3 Å². The van der Waals surface area contributed by atoms with E-state index in [2.05, 4.69) is 65.5 Å². The van der Waals surface area contributed by atoms with E-state index in [0.29, 0.717) is 18.4 Å². The number of alkyl halides is 1. The largest absolute Gasteiger partial charge is 0.497 e. The number of methoxy groups -OCH3 is 1. The zero-order valence-electron chi connectivity index (χ0n) is 16.1. The highest BCUT2D eigenvalue weighted by atomic mass is 127. The molecule has 0 saturated heterocycles. The van der Waals surface area contributed by atoms with Crippen molar-refractivity contribution < 1.29 is 9.47 Å². The summed E-state index contributed by atoms with van der Waals surface area (Å²) in [4.78, 5) is 3.00.